The van der Waals surface area contributed by atoms with Gasteiger partial charge in [0.1, 0.15) is 73.2 Å². The van der Waals surface area contributed by atoms with E-state index in [1.54, 1.807) is 0 Å². The second-order valence-electron chi connectivity index (χ2n) is 20.1. The van der Waals surface area contributed by atoms with Crippen molar-refractivity contribution in [1.29, 1.82) is 0 Å². The molecule has 3 saturated heterocycles. The quantitative estimate of drug-likeness (QED) is 0.0394. The number of amides is 1. The number of carbonyl (C=O) groups is 1. The van der Waals surface area contributed by atoms with E-state index in [1.807, 2.05) is 0 Å². The average Bonchev–Trinajstić information content (AvgIpc) is 3.35. The predicted octanol–water partition coefficient (Wildman–Crippen LogP) is 2.87. The van der Waals surface area contributed by atoms with Crippen molar-refractivity contribution in [3.05, 3.63) is 0 Å². The molecule has 0 radical (unpaired) electrons. The summed E-state index contributed by atoms with van der Waals surface area (Å²) in [6.45, 7) is 1.76. The zero-order chi connectivity index (χ0) is 51.3. The van der Waals surface area contributed by atoms with Crippen molar-refractivity contribution < 1.29 is 89.4 Å². The van der Waals surface area contributed by atoms with Gasteiger partial charge >= 0.3 is 0 Å². The van der Waals surface area contributed by atoms with Crippen molar-refractivity contribution in [2.75, 3.05) is 26.4 Å². The number of carbonyl (C=O) groups excluding carboxylic acids is 1. The van der Waals surface area contributed by atoms with E-state index in [9.17, 15) is 61.0 Å². The molecule has 414 valence electrons. The van der Waals surface area contributed by atoms with Crippen molar-refractivity contribution in [3.8, 4) is 0 Å². The Morgan fingerprint density at radius 1 is 0.457 bits per heavy atom. The lowest BCUT2D eigenvalue weighted by Crippen LogP contribution is -2.66. The average molecular weight is 1010 g/mol. The highest BCUT2D eigenvalue weighted by molar-refractivity contribution is 5.76. The number of unbranched alkanes of at least 4 members (excludes halogenated alkanes) is 23. The van der Waals surface area contributed by atoms with Crippen molar-refractivity contribution in [3.63, 3.8) is 0 Å². The first kappa shape index (κ1) is 63.1. The van der Waals surface area contributed by atoms with Crippen LogP contribution in [0.15, 0.2) is 0 Å². The molecule has 3 fully saturated rings. The number of hydrogen-bond acceptors (Lipinski definition) is 18. The molecule has 0 aromatic heterocycles. The highest BCUT2D eigenvalue weighted by atomic mass is 16.8. The lowest BCUT2D eigenvalue weighted by Gasteiger charge is -2.48. The van der Waals surface area contributed by atoms with Gasteiger partial charge in [-0.15, -0.1) is 0 Å². The van der Waals surface area contributed by atoms with Gasteiger partial charge in [-0.05, 0) is 12.8 Å². The number of ether oxygens (including phenoxy) is 6. The van der Waals surface area contributed by atoms with Crippen LogP contribution in [0.4, 0.5) is 0 Å². The third-order valence-corrected chi connectivity index (χ3v) is 14.2. The van der Waals surface area contributed by atoms with Gasteiger partial charge in [-0.25, -0.2) is 0 Å². The predicted molar refractivity (Wildman–Crippen MR) is 259 cm³/mol. The Morgan fingerprint density at radius 3 is 1.24 bits per heavy atom. The number of nitrogens with one attached hydrogen (secondary N) is 1. The van der Waals surface area contributed by atoms with Gasteiger partial charge < -0.3 is 89.9 Å². The van der Waals surface area contributed by atoms with Crippen LogP contribution in [-0.4, -0.2) is 193 Å². The lowest BCUT2D eigenvalue weighted by molar-refractivity contribution is -0.379. The lowest BCUT2D eigenvalue weighted by atomic mass is 9.96. The first-order chi connectivity index (χ1) is 33.8. The number of aliphatic hydroxyl groups is 11. The van der Waals surface area contributed by atoms with Crippen molar-refractivity contribution in [2.24, 2.45) is 0 Å². The number of rotatable bonds is 39. The van der Waals surface area contributed by atoms with Gasteiger partial charge in [-0.2, -0.15) is 0 Å². The van der Waals surface area contributed by atoms with Gasteiger partial charge in [-0.1, -0.05) is 168 Å². The molecule has 0 spiro atoms. The molecule has 1 amide bonds. The van der Waals surface area contributed by atoms with E-state index in [2.05, 4.69) is 19.2 Å². The van der Waals surface area contributed by atoms with Gasteiger partial charge in [0.2, 0.25) is 5.91 Å². The summed E-state index contributed by atoms with van der Waals surface area (Å²) in [6, 6.07) is -0.877. The molecule has 0 bridgehead atoms. The van der Waals surface area contributed by atoms with Crippen LogP contribution in [0.5, 0.6) is 0 Å². The maximum atomic E-state index is 13.2. The molecule has 0 aromatic rings. The highest BCUT2D eigenvalue weighted by Crippen LogP contribution is 2.33. The first-order valence-corrected chi connectivity index (χ1v) is 27.3. The Hall–Kier alpha value is -1.21. The number of hydrogen-bond donors (Lipinski definition) is 12. The first-order valence-electron chi connectivity index (χ1n) is 27.3. The van der Waals surface area contributed by atoms with Crippen LogP contribution >= 0.6 is 0 Å². The monoisotopic (exact) mass is 1010 g/mol. The maximum absolute atomic E-state index is 13.2. The SMILES string of the molecule is CCCCCCCCCCCCCCCCC(O)C(COC1OC(CO)C(OC2OC(CO)C(OC3OC(CO)C(O)C(O)C3O)C(O)C2O)C(O)C1O)NC(=O)CCCCCCCCCCCCC. The number of aliphatic hydroxyl groups excluding tert-OH is 11. The molecule has 17 unspecified atom stereocenters. The molecule has 3 heterocycles. The van der Waals surface area contributed by atoms with E-state index in [0.29, 0.717) is 12.8 Å². The Bertz CT molecular complexity index is 1300. The zero-order valence-corrected chi connectivity index (χ0v) is 42.5. The van der Waals surface area contributed by atoms with E-state index < -0.39 is 124 Å². The Labute approximate surface area is 417 Å². The van der Waals surface area contributed by atoms with Crippen molar-refractivity contribution in [1.82, 2.24) is 5.32 Å². The Kier molecular flexibility index (Phi) is 33.1. The van der Waals surface area contributed by atoms with Crippen LogP contribution in [0.25, 0.3) is 0 Å². The largest absolute Gasteiger partial charge is 0.394 e. The van der Waals surface area contributed by atoms with Gasteiger partial charge in [0.05, 0.1) is 38.6 Å². The van der Waals surface area contributed by atoms with Crippen LogP contribution in [-0.2, 0) is 33.2 Å². The van der Waals surface area contributed by atoms with Crippen molar-refractivity contribution in [2.45, 2.75) is 291 Å². The summed E-state index contributed by atoms with van der Waals surface area (Å²) in [4.78, 5) is 13.2. The Balaban J connectivity index is 1.54. The normalized spacial score (nSPS) is 32.5. The minimum Gasteiger partial charge on any atom is -0.394 e. The van der Waals surface area contributed by atoms with E-state index in [1.165, 1.54) is 109 Å². The second-order valence-corrected chi connectivity index (χ2v) is 20.1. The van der Waals surface area contributed by atoms with Crippen molar-refractivity contribution >= 4 is 5.91 Å². The summed E-state index contributed by atoms with van der Waals surface area (Å²) in [5, 5.41) is 120. The fraction of sp³-hybridized carbons (Fsp3) is 0.980. The van der Waals surface area contributed by atoms with E-state index in [0.717, 1.165) is 44.9 Å². The summed E-state index contributed by atoms with van der Waals surface area (Å²) in [7, 11) is 0. The third kappa shape index (κ3) is 21.9. The molecule has 3 aliphatic rings. The molecule has 19 nitrogen and oxygen atoms in total. The van der Waals surface area contributed by atoms with Gasteiger partial charge in [0.25, 0.3) is 0 Å². The molecule has 0 saturated carbocycles. The second kappa shape index (κ2) is 36.7. The topological polar surface area (TPSA) is 307 Å². The van der Waals surface area contributed by atoms with Crippen LogP contribution < -0.4 is 5.32 Å². The van der Waals surface area contributed by atoms with Gasteiger partial charge in [-0.3, -0.25) is 4.79 Å². The van der Waals surface area contributed by atoms with E-state index >= 15 is 0 Å². The third-order valence-electron chi connectivity index (χ3n) is 14.2. The van der Waals surface area contributed by atoms with Gasteiger partial charge in [0, 0.05) is 6.42 Å². The Morgan fingerprint density at radius 2 is 0.814 bits per heavy atom. The molecule has 17 atom stereocenters. The highest BCUT2D eigenvalue weighted by Gasteiger charge is 2.53. The van der Waals surface area contributed by atoms with Crippen LogP contribution in [0, 0.1) is 0 Å². The molecular formula is C51H97NO18. The standard InChI is InChI=1S/C51H97NO18/c1-3-5-7-9-11-13-15-16-17-19-20-22-24-26-28-35(56)34(52-39(57)29-27-25-23-21-18-14-12-10-8-6-4-2)33-65-49-45(63)42(60)47(37(31-54)67-49)70-51-46(64)43(61)48(38(32-55)68-51)69-50-44(62)41(59)40(58)36(30-53)66-50/h34-38,40-51,53-56,58-64H,3-33H2,1-2H3,(H,52,57). The molecule has 19 heteroatoms. The zero-order valence-electron chi connectivity index (χ0n) is 42.5. The van der Waals surface area contributed by atoms with Gasteiger partial charge in [0.15, 0.2) is 18.9 Å². The molecule has 3 aliphatic heterocycles. The molecule has 70 heavy (non-hydrogen) atoms. The van der Waals surface area contributed by atoms with E-state index in [-0.39, 0.29) is 18.9 Å². The van der Waals surface area contributed by atoms with Crippen LogP contribution in [0.3, 0.4) is 0 Å². The van der Waals surface area contributed by atoms with E-state index in [4.69, 9.17) is 28.4 Å². The molecular weight excluding hydrogens is 915 g/mol. The molecule has 12 N–H and O–H groups in total. The summed E-state index contributed by atoms with van der Waals surface area (Å²) in [5.74, 6) is -0.244. The molecule has 3 rings (SSSR count). The molecule has 0 aromatic carbocycles. The molecule has 0 aliphatic carbocycles. The van der Waals surface area contributed by atoms with Crippen LogP contribution in [0.1, 0.15) is 187 Å². The summed E-state index contributed by atoms with van der Waals surface area (Å²) in [6.07, 6.45) is 3.47. The fourth-order valence-electron chi connectivity index (χ4n) is 9.61. The smallest absolute Gasteiger partial charge is 0.220 e. The van der Waals surface area contributed by atoms with Crippen LogP contribution in [0.2, 0.25) is 0 Å². The maximum Gasteiger partial charge on any atom is 0.220 e. The minimum absolute atomic E-state index is 0.244. The summed E-state index contributed by atoms with van der Waals surface area (Å²) >= 11 is 0. The summed E-state index contributed by atoms with van der Waals surface area (Å²) < 4.78 is 34.2. The fourth-order valence-corrected chi connectivity index (χ4v) is 9.61. The summed E-state index contributed by atoms with van der Waals surface area (Å²) in [5.41, 5.74) is 0. The minimum atomic E-state index is -1.97.